The average molecular weight is 422 g/mol. The van der Waals surface area contributed by atoms with Gasteiger partial charge in [-0.2, -0.15) is 15.3 Å². The molecule has 0 aliphatic heterocycles. The lowest BCUT2D eigenvalue weighted by Gasteiger charge is -2.05. The van der Waals surface area contributed by atoms with Gasteiger partial charge in [0.15, 0.2) is 11.4 Å². The van der Waals surface area contributed by atoms with Gasteiger partial charge < -0.3 is 10.1 Å². The van der Waals surface area contributed by atoms with E-state index in [1.54, 1.807) is 48.0 Å². The number of nitrogens with one attached hydrogen (secondary N) is 1. The number of anilines is 1. The van der Waals surface area contributed by atoms with E-state index < -0.39 is 11.9 Å². The summed E-state index contributed by atoms with van der Waals surface area (Å²) >= 11 is 3.32. The molecule has 0 fully saturated rings. The summed E-state index contributed by atoms with van der Waals surface area (Å²) in [5.41, 5.74) is 1.17. The van der Waals surface area contributed by atoms with Crippen LogP contribution >= 0.6 is 15.9 Å². The smallest absolute Gasteiger partial charge is 0.360 e. The SMILES string of the molecule is COC(=O)c1nn(C)c(C)c1NC(=O)c1ccn(Cn2cc(Br)cn2)n1. The van der Waals surface area contributed by atoms with Crippen LogP contribution < -0.4 is 5.32 Å². The largest absolute Gasteiger partial charge is 0.464 e. The van der Waals surface area contributed by atoms with Crippen LogP contribution in [0.5, 0.6) is 0 Å². The Hall–Kier alpha value is -2.95. The summed E-state index contributed by atoms with van der Waals surface area (Å²) < 4.78 is 10.3. The zero-order valence-electron chi connectivity index (χ0n) is 14.3. The first-order valence-corrected chi connectivity index (χ1v) is 8.33. The van der Waals surface area contributed by atoms with Gasteiger partial charge in [0.05, 0.1) is 29.2 Å². The third kappa shape index (κ3) is 3.52. The monoisotopic (exact) mass is 421 g/mol. The first kappa shape index (κ1) is 17.9. The van der Waals surface area contributed by atoms with E-state index >= 15 is 0 Å². The van der Waals surface area contributed by atoms with E-state index in [4.69, 9.17) is 4.74 Å². The summed E-state index contributed by atoms with van der Waals surface area (Å²) in [6.45, 7) is 2.10. The molecular formula is C15H16BrN7O3. The number of esters is 1. The van der Waals surface area contributed by atoms with Crippen molar-refractivity contribution in [2.45, 2.75) is 13.6 Å². The van der Waals surface area contributed by atoms with E-state index in [-0.39, 0.29) is 11.4 Å². The highest BCUT2D eigenvalue weighted by Gasteiger charge is 2.23. The summed E-state index contributed by atoms with van der Waals surface area (Å²) in [5.74, 6) is -1.08. The van der Waals surface area contributed by atoms with Crippen molar-refractivity contribution in [3.8, 4) is 0 Å². The molecule has 1 N–H and O–H groups in total. The summed E-state index contributed by atoms with van der Waals surface area (Å²) in [7, 11) is 2.93. The van der Waals surface area contributed by atoms with Crippen LogP contribution in [0.25, 0.3) is 0 Å². The third-order valence-electron chi connectivity index (χ3n) is 3.72. The number of hydrogen-bond acceptors (Lipinski definition) is 6. The number of nitrogens with zero attached hydrogens (tertiary/aromatic N) is 6. The summed E-state index contributed by atoms with van der Waals surface area (Å²) in [6.07, 6.45) is 5.13. The summed E-state index contributed by atoms with van der Waals surface area (Å²) in [5, 5.41) is 15.1. The molecule has 11 heteroatoms. The predicted octanol–water partition coefficient (Wildman–Crippen LogP) is 1.43. The molecule has 3 aromatic rings. The second kappa shape index (κ2) is 7.12. The molecule has 0 saturated heterocycles. The zero-order chi connectivity index (χ0) is 18.8. The Morgan fingerprint density at radius 1 is 1.31 bits per heavy atom. The van der Waals surface area contributed by atoms with E-state index in [1.165, 1.54) is 11.8 Å². The van der Waals surface area contributed by atoms with Gasteiger partial charge in [-0.15, -0.1) is 0 Å². The Labute approximate surface area is 156 Å². The molecule has 3 rings (SSSR count). The van der Waals surface area contributed by atoms with Crippen molar-refractivity contribution in [1.29, 1.82) is 0 Å². The third-order valence-corrected chi connectivity index (χ3v) is 4.13. The van der Waals surface area contributed by atoms with Crippen molar-refractivity contribution in [2.24, 2.45) is 7.05 Å². The minimum Gasteiger partial charge on any atom is -0.464 e. The first-order chi connectivity index (χ1) is 12.4. The second-order valence-corrected chi connectivity index (χ2v) is 6.37. The fraction of sp³-hybridized carbons (Fsp3) is 0.267. The first-order valence-electron chi connectivity index (χ1n) is 7.53. The Morgan fingerprint density at radius 3 is 2.73 bits per heavy atom. The molecule has 26 heavy (non-hydrogen) atoms. The highest BCUT2D eigenvalue weighted by Crippen LogP contribution is 2.21. The lowest BCUT2D eigenvalue weighted by molar-refractivity contribution is 0.0594. The number of halogens is 1. The van der Waals surface area contributed by atoms with Gasteiger partial charge in [-0.3, -0.25) is 14.2 Å². The average Bonchev–Trinajstić information content (AvgIpc) is 3.31. The topological polar surface area (TPSA) is 109 Å². The molecule has 0 spiro atoms. The molecule has 0 aromatic carbocycles. The lowest BCUT2D eigenvalue weighted by Crippen LogP contribution is -2.17. The molecule has 10 nitrogen and oxygen atoms in total. The molecule has 0 atom stereocenters. The van der Waals surface area contributed by atoms with Crippen molar-refractivity contribution >= 4 is 33.5 Å². The van der Waals surface area contributed by atoms with Gasteiger partial charge in [0.25, 0.3) is 5.91 Å². The van der Waals surface area contributed by atoms with Gasteiger partial charge in [-0.05, 0) is 28.9 Å². The van der Waals surface area contributed by atoms with Crippen molar-refractivity contribution in [3.05, 3.63) is 46.2 Å². The van der Waals surface area contributed by atoms with Gasteiger partial charge in [0.2, 0.25) is 0 Å². The fourth-order valence-electron chi connectivity index (χ4n) is 2.30. The zero-order valence-corrected chi connectivity index (χ0v) is 15.9. The van der Waals surface area contributed by atoms with E-state index in [2.05, 4.69) is 36.5 Å². The van der Waals surface area contributed by atoms with Crippen LogP contribution in [0.3, 0.4) is 0 Å². The van der Waals surface area contributed by atoms with Crippen LogP contribution in [0.15, 0.2) is 29.1 Å². The standard InChI is InChI=1S/C15H16BrN7O3/c1-9-12(13(15(25)26-3)20-21(9)2)18-14(24)11-4-5-22(19-11)8-23-7-10(16)6-17-23/h4-7H,8H2,1-3H3,(H,18,24). The number of aryl methyl sites for hydroxylation is 1. The lowest BCUT2D eigenvalue weighted by atomic mass is 10.2. The van der Waals surface area contributed by atoms with Gasteiger partial charge >= 0.3 is 5.97 Å². The van der Waals surface area contributed by atoms with E-state index in [0.717, 1.165) is 4.47 Å². The number of ether oxygens (including phenoxy) is 1. The Morgan fingerprint density at radius 2 is 2.08 bits per heavy atom. The maximum absolute atomic E-state index is 12.5. The molecule has 3 heterocycles. The molecule has 0 radical (unpaired) electrons. The van der Waals surface area contributed by atoms with E-state index in [0.29, 0.717) is 18.1 Å². The van der Waals surface area contributed by atoms with Gasteiger partial charge in [0.1, 0.15) is 6.67 Å². The highest BCUT2D eigenvalue weighted by molar-refractivity contribution is 9.10. The number of amides is 1. The molecule has 0 unspecified atom stereocenters. The van der Waals surface area contributed by atoms with Crippen LogP contribution in [0.4, 0.5) is 5.69 Å². The molecule has 0 aliphatic carbocycles. The Balaban J connectivity index is 1.78. The predicted molar refractivity (Wildman–Crippen MR) is 94.8 cm³/mol. The quantitative estimate of drug-likeness (QED) is 0.624. The van der Waals surface area contributed by atoms with Crippen molar-refractivity contribution < 1.29 is 14.3 Å². The molecule has 136 valence electrons. The van der Waals surface area contributed by atoms with Crippen LogP contribution in [-0.2, 0) is 18.5 Å². The summed E-state index contributed by atoms with van der Waals surface area (Å²) in [6, 6.07) is 1.58. The maximum Gasteiger partial charge on any atom is 0.360 e. The second-order valence-electron chi connectivity index (χ2n) is 5.46. The van der Waals surface area contributed by atoms with Crippen LogP contribution in [-0.4, -0.2) is 48.3 Å². The molecule has 1 amide bonds. The molecular weight excluding hydrogens is 406 g/mol. The minimum absolute atomic E-state index is 0.0432. The minimum atomic E-state index is -0.626. The fourth-order valence-corrected chi connectivity index (χ4v) is 2.63. The van der Waals surface area contributed by atoms with Crippen molar-refractivity contribution in [1.82, 2.24) is 29.3 Å². The number of hydrogen-bond donors (Lipinski definition) is 1. The van der Waals surface area contributed by atoms with Crippen LogP contribution in [0.2, 0.25) is 0 Å². The van der Waals surface area contributed by atoms with Gasteiger partial charge in [-0.25, -0.2) is 9.48 Å². The number of carbonyl (C=O) groups is 2. The van der Waals surface area contributed by atoms with Gasteiger partial charge in [0, 0.05) is 19.4 Å². The Kier molecular flexibility index (Phi) is 4.89. The molecule has 3 aromatic heterocycles. The normalized spacial score (nSPS) is 10.8. The highest BCUT2D eigenvalue weighted by atomic mass is 79.9. The summed E-state index contributed by atoms with van der Waals surface area (Å²) in [4.78, 5) is 24.3. The van der Waals surface area contributed by atoms with E-state index in [9.17, 15) is 9.59 Å². The van der Waals surface area contributed by atoms with Crippen LogP contribution in [0, 0.1) is 6.92 Å². The molecule has 0 bridgehead atoms. The van der Waals surface area contributed by atoms with Crippen molar-refractivity contribution in [3.63, 3.8) is 0 Å². The maximum atomic E-state index is 12.5. The Bertz CT molecular complexity index is 972. The van der Waals surface area contributed by atoms with E-state index in [1.807, 2.05) is 0 Å². The number of rotatable bonds is 5. The number of methoxy groups -OCH3 is 1. The number of aromatic nitrogens is 6. The van der Waals surface area contributed by atoms with Gasteiger partial charge in [-0.1, -0.05) is 0 Å². The van der Waals surface area contributed by atoms with Crippen molar-refractivity contribution in [2.75, 3.05) is 12.4 Å². The molecule has 0 saturated carbocycles. The van der Waals surface area contributed by atoms with Crippen LogP contribution in [0.1, 0.15) is 26.7 Å². The molecule has 0 aliphatic rings. The number of carbonyl (C=O) groups excluding carboxylic acids is 2.